The Hall–Kier alpha value is -1.03. The van der Waals surface area contributed by atoms with Crippen LogP contribution in [0, 0.1) is 34.5 Å². The summed E-state index contributed by atoms with van der Waals surface area (Å²) in [5.41, 5.74) is -1.54. The van der Waals surface area contributed by atoms with Gasteiger partial charge in [-0.15, -0.1) is 0 Å². The number of ketones is 3. The van der Waals surface area contributed by atoms with E-state index in [2.05, 4.69) is 13.8 Å². The minimum atomic E-state index is -1.25. The summed E-state index contributed by atoms with van der Waals surface area (Å²) in [6, 6.07) is 0. The zero-order chi connectivity index (χ0) is 18.2. The number of hydrogen-bond acceptors (Lipinski definition) is 4. The van der Waals surface area contributed by atoms with Gasteiger partial charge in [0.1, 0.15) is 17.2 Å². The van der Waals surface area contributed by atoms with Gasteiger partial charge in [0.15, 0.2) is 5.78 Å². The summed E-state index contributed by atoms with van der Waals surface area (Å²) in [5.74, 6) is 1.08. The van der Waals surface area contributed by atoms with Crippen molar-refractivity contribution in [2.24, 2.45) is 34.5 Å². The van der Waals surface area contributed by atoms with E-state index >= 15 is 0 Å². The molecule has 0 heterocycles. The lowest BCUT2D eigenvalue weighted by molar-refractivity contribution is -0.172. The van der Waals surface area contributed by atoms with Crippen molar-refractivity contribution in [3.63, 3.8) is 0 Å². The van der Waals surface area contributed by atoms with Crippen molar-refractivity contribution >= 4 is 17.3 Å². The van der Waals surface area contributed by atoms with Crippen molar-refractivity contribution in [2.75, 3.05) is 0 Å². The van der Waals surface area contributed by atoms with Crippen molar-refractivity contribution in [2.45, 2.75) is 77.7 Å². The Labute approximate surface area is 149 Å². The predicted molar refractivity (Wildman–Crippen MR) is 92.8 cm³/mol. The van der Waals surface area contributed by atoms with Crippen LogP contribution < -0.4 is 0 Å². The van der Waals surface area contributed by atoms with E-state index in [1.165, 1.54) is 6.92 Å². The first-order valence-corrected chi connectivity index (χ1v) is 9.91. The lowest BCUT2D eigenvalue weighted by Gasteiger charge is -2.60. The normalized spacial score (nSPS) is 52.3. The third-order valence-corrected chi connectivity index (χ3v) is 8.90. The number of Topliss-reactive ketones (excluding diaryl/α,β-unsaturated/α-hetero) is 3. The average Bonchev–Trinajstić information content (AvgIpc) is 2.85. The fraction of sp³-hybridized carbons (Fsp3) is 0.857. The number of rotatable bonds is 1. The molecule has 0 spiro atoms. The minimum absolute atomic E-state index is 0.00717. The van der Waals surface area contributed by atoms with Gasteiger partial charge in [-0.2, -0.15) is 0 Å². The van der Waals surface area contributed by atoms with Gasteiger partial charge in [0.05, 0.1) is 0 Å². The Kier molecular flexibility index (Phi) is 3.65. The SMILES string of the molecule is CC(=O)[C@]1(O)CC[C@@]2(C)[C@@H](CC(=O)[C@H]3[C@H]2CC[C@]2(C)C(=O)CC[C@@H]32)C1. The Morgan fingerprint density at radius 2 is 1.80 bits per heavy atom. The molecule has 4 aliphatic carbocycles. The molecule has 1 N–H and O–H groups in total. The van der Waals surface area contributed by atoms with Gasteiger partial charge in [-0.05, 0) is 68.6 Å². The summed E-state index contributed by atoms with van der Waals surface area (Å²) in [4.78, 5) is 37.5. The summed E-state index contributed by atoms with van der Waals surface area (Å²) in [6.07, 6.45) is 5.52. The second-order valence-electron chi connectivity index (χ2n) is 9.82. The van der Waals surface area contributed by atoms with Crippen molar-refractivity contribution in [1.82, 2.24) is 0 Å². The minimum Gasteiger partial charge on any atom is -0.382 e. The Bertz CT molecular complexity index is 654. The molecule has 0 aromatic rings. The van der Waals surface area contributed by atoms with E-state index in [1.54, 1.807) is 0 Å². The van der Waals surface area contributed by atoms with Gasteiger partial charge in [0, 0.05) is 24.2 Å². The van der Waals surface area contributed by atoms with Gasteiger partial charge in [0.2, 0.25) is 0 Å². The van der Waals surface area contributed by atoms with Crippen LogP contribution in [0.5, 0.6) is 0 Å². The van der Waals surface area contributed by atoms with Crippen molar-refractivity contribution < 1.29 is 19.5 Å². The summed E-state index contributed by atoms with van der Waals surface area (Å²) in [7, 11) is 0. The molecule has 25 heavy (non-hydrogen) atoms. The molecule has 4 heteroatoms. The third kappa shape index (κ3) is 2.19. The Balaban J connectivity index is 1.67. The number of carbonyl (C=O) groups excluding carboxylic acids is 3. The first kappa shape index (κ1) is 17.4. The highest BCUT2D eigenvalue weighted by Gasteiger charge is 2.64. The fourth-order valence-corrected chi connectivity index (χ4v) is 7.02. The second kappa shape index (κ2) is 5.25. The molecular weight excluding hydrogens is 316 g/mol. The standard InChI is InChI=1S/C21H30O4/c1-12(22)21(25)9-8-19(2)13(11-21)10-16(23)18-14-4-5-17(24)20(14,3)7-6-15(18)19/h13-15,18,25H,4-11H2,1-3H3/t13-,14-,15+,18+,19-,20-,21-/m0/s1. The Morgan fingerprint density at radius 1 is 1.08 bits per heavy atom. The monoisotopic (exact) mass is 346 g/mol. The van der Waals surface area contributed by atoms with E-state index in [0.29, 0.717) is 37.4 Å². The number of carbonyl (C=O) groups is 3. The average molecular weight is 346 g/mol. The van der Waals surface area contributed by atoms with Gasteiger partial charge in [-0.1, -0.05) is 13.8 Å². The third-order valence-electron chi connectivity index (χ3n) is 8.90. The maximum atomic E-state index is 13.1. The summed E-state index contributed by atoms with van der Waals surface area (Å²) < 4.78 is 0. The Morgan fingerprint density at radius 3 is 2.48 bits per heavy atom. The quantitative estimate of drug-likeness (QED) is 0.792. The van der Waals surface area contributed by atoms with Crippen LogP contribution in [0.15, 0.2) is 0 Å². The number of aliphatic hydroxyl groups is 1. The molecule has 4 aliphatic rings. The predicted octanol–water partition coefficient (Wildman–Crippen LogP) is 3.10. The highest BCUT2D eigenvalue weighted by atomic mass is 16.3. The van der Waals surface area contributed by atoms with Crippen LogP contribution in [0.3, 0.4) is 0 Å². The van der Waals surface area contributed by atoms with Gasteiger partial charge in [0.25, 0.3) is 0 Å². The van der Waals surface area contributed by atoms with E-state index in [9.17, 15) is 19.5 Å². The van der Waals surface area contributed by atoms with E-state index in [-0.39, 0.29) is 40.2 Å². The van der Waals surface area contributed by atoms with E-state index < -0.39 is 5.60 Å². The van der Waals surface area contributed by atoms with E-state index in [0.717, 1.165) is 25.7 Å². The van der Waals surface area contributed by atoms with Crippen LogP contribution in [-0.4, -0.2) is 28.1 Å². The molecular formula is C21H30O4. The molecule has 4 fully saturated rings. The summed E-state index contributed by atoms with van der Waals surface area (Å²) >= 11 is 0. The molecule has 0 aliphatic heterocycles. The van der Waals surface area contributed by atoms with Crippen LogP contribution >= 0.6 is 0 Å². The molecule has 4 saturated carbocycles. The highest BCUT2D eigenvalue weighted by Crippen LogP contribution is 2.65. The van der Waals surface area contributed by atoms with Crippen LogP contribution in [0.25, 0.3) is 0 Å². The molecule has 7 atom stereocenters. The maximum Gasteiger partial charge on any atom is 0.161 e. The molecule has 0 aromatic carbocycles. The number of hydrogen-bond donors (Lipinski definition) is 1. The van der Waals surface area contributed by atoms with Crippen LogP contribution in [0.1, 0.15) is 72.1 Å². The molecule has 138 valence electrons. The largest absolute Gasteiger partial charge is 0.382 e. The maximum absolute atomic E-state index is 13.1. The topological polar surface area (TPSA) is 71.4 Å². The summed E-state index contributed by atoms with van der Waals surface area (Å²) in [6.45, 7) is 5.83. The van der Waals surface area contributed by atoms with Crippen molar-refractivity contribution in [3.8, 4) is 0 Å². The summed E-state index contributed by atoms with van der Waals surface area (Å²) in [5, 5.41) is 10.7. The van der Waals surface area contributed by atoms with Gasteiger partial charge < -0.3 is 5.11 Å². The molecule has 0 aromatic heterocycles. The van der Waals surface area contributed by atoms with Gasteiger partial charge in [-0.25, -0.2) is 0 Å². The lowest BCUT2D eigenvalue weighted by Crippen LogP contribution is -2.59. The smallest absolute Gasteiger partial charge is 0.161 e. The zero-order valence-corrected chi connectivity index (χ0v) is 15.6. The van der Waals surface area contributed by atoms with Crippen LogP contribution in [-0.2, 0) is 14.4 Å². The van der Waals surface area contributed by atoms with E-state index in [4.69, 9.17) is 0 Å². The highest BCUT2D eigenvalue weighted by molar-refractivity contribution is 5.91. The first-order chi connectivity index (χ1) is 11.6. The van der Waals surface area contributed by atoms with E-state index in [1.807, 2.05) is 0 Å². The van der Waals surface area contributed by atoms with Crippen LogP contribution in [0.2, 0.25) is 0 Å². The molecule has 0 bridgehead atoms. The van der Waals surface area contributed by atoms with Gasteiger partial charge in [-0.3, -0.25) is 14.4 Å². The molecule has 0 unspecified atom stereocenters. The molecule has 0 amide bonds. The van der Waals surface area contributed by atoms with Crippen molar-refractivity contribution in [1.29, 1.82) is 0 Å². The lowest BCUT2D eigenvalue weighted by atomic mass is 9.44. The van der Waals surface area contributed by atoms with Crippen LogP contribution in [0.4, 0.5) is 0 Å². The first-order valence-electron chi connectivity index (χ1n) is 9.91. The van der Waals surface area contributed by atoms with Gasteiger partial charge >= 0.3 is 0 Å². The molecule has 4 rings (SSSR count). The second-order valence-corrected chi connectivity index (χ2v) is 9.82. The molecule has 0 saturated heterocycles. The molecule has 4 nitrogen and oxygen atoms in total. The number of fused-ring (bicyclic) bond motifs is 5. The fourth-order valence-electron chi connectivity index (χ4n) is 7.02. The van der Waals surface area contributed by atoms with Crippen molar-refractivity contribution in [3.05, 3.63) is 0 Å². The molecule has 0 radical (unpaired) electrons. The zero-order valence-electron chi connectivity index (χ0n) is 15.6.